The second-order valence-electron chi connectivity index (χ2n) is 4.23. The number of hydrogen-bond acceptors (Lipinski definition) is 4. The third-order valence-electron chi connectivity index (χ3n) is 2.66. The van der Waals surface area contributed by atoms with Crippen LogP contribution in [0.5, 0.6) is 0 Å². The number of benzene rings is 1. The van der Waals surface area contributed by atoms with Crippen molar-refractivity contribution in [2.75, 3.05) is 18.4 Å². The molecule has 1 heterocycles. The number of anilines is 1. The summed E-state index contributed by atoms with van der Waals surface area (Å²) < 4.78 is 13.5. The average Bonchev–Trinajstić information content (AvgIpc) is 2.50. The van der Waals surface area contributed by atoms with Gasteiger partial charge < -0.3 is 10.6 Å². The lowest BCUT2D eigenvalue weighted by Crippen LogP contribution is -2.26. The first-order valence-electron chi connectivity index (χ1n) is 6.41. The van der Waals surface area contributed by atoms with Crippen LogP contribution in [0.3, 0.4) is 0 Å². The van der Waals surface area contributed by atoms with Gasteiger partial charge in [0.2, 0.25) is 5.95 Å². The summed E-state index contributed by atoms with van der Waals surface area (Å²) in [5.74, 6) is -0.539. The predicted octanol–water partition coefficient (Wildman–Crippen LogP) is 2.50. The molecule has 0 fully saturated rings. The first kappa shape index (κ1) is 15.2. The minimum atomic E-state index is -0.590. The van der Waals surface area contributed by atoms with Crippen LogP contribution >= 0.6 is 11.6 Å². The van der Waals surface area contributed by atoms with Gasteiger partial charge in [-0.25, -0.2) is 14.4 Å². The van der Waals surface area contributed by atoms with Gasteiger partial charge in [0.15, 0.2) is 0 Å². The molecule has 0 unspecified atom stereocenters. The fraction of sp³-hybridized carbons (Fsp3) is 0.214. The lowest BCUT2D eigenvalue weighted by atomic mass is 10.2. The van der Waals surface area contributed by atoms with Crippen molar-refractivity contribution in [3.63, 3.8) is 0 Å². The average molecular weight is 309 g/mol. The Morgan fingerprint density at radius 2 is 2.00 bits per heavy atom. The Labute approximate surface area is 126 Å². The minimum Gasteiger partial charge on any atom is -0.354 e. The Kier molecular flexibility index (Phi) is 5.45. The summed E-state index contributed by atoms with van der Waals surface area (Å²) >= 11 is 5.74. The molecule has 1 amide bonds. The van der Waals surface area contributed by atoms with E-state index in [4.69, 9.17) is 11.6 Å². The number of nitrogens with zero attached hydrogens (tertiary/aromatic N) is 2. The van der Waals surface area contributed by atoms with E-state index < -0.39 is 11.7 Å². The number of carbonyl (C=O) groups excluding carboxylic acids is 1. The lowest BCUT2D eigenvalue weighted by Gasteiger charge is -2.07. The fourth-order valence-electron chi connectivity index (χ4n) is 1.65. The molecular weight excluding hydrogens is 295 g/mol. The number of amides is 1. The van der Waals surface area contributed by atoms with E-state index in [9.17, 15) is 9.18 Å². The maximum absolute atomic E-state index is 13.5. The summed E-state index contributed by atoms with van der Waals surface area (Å²) in [6.07, 6.45) is 3.93. The van der Waals surface area contributed by atoms with Crippen molar-refractivity contribution >= 4 is 23.5 Å². The molecule has 0 aliphatic carbocycles. The summed E-state index contributed by atoms with van der Waals surface area (Å²) in [6, 6.07) is 5.61. The van der Waals surface area contributed by atoms with E-state index in [1.165, 1.54) is 18.2 Å². The molecule has 7 heteroatoms. The Morgan fingerprint density at radius 1 is 1.24 bits per heavy atom. The Bertz CT molecular complexity index is 609. The molecular formula is C14H14ClFN4O. The molecule has 1 aromatic heterocycles. The van der Waals surface area contributed by atoms with Crippen molar-refractivity contribution in [1.82, 2.24) is 15.3 Å². The standard InChI is InChI=1S/C14H14ClFN4O/c15-10-3-4-12(16)11(9-10)13(21)17-5-1-6-18-14-19-7-2-8-20-14/h2-4,7-9H,1,5-6H2,(H,17,21)(H,18,19,20). The van der Waals surface area contributed by atoms with Gasteiger partial charge in [0.05, 0.1) is 5.56 Å². The van der Waals surface area contributed by atoms with E-state index >= 15 is 0 Å². The number of carbonyl (C=O) groups is 1. The first-order chi connectivity index (χ1) is 10.2. The van der Waals surface area contributed by atoms with Crippen LogP contribution in [-0.2, 0) is 0 Å². The Morgan fingerprint density at radius 3 is 2.76 bits per heavy atom. The Balaban J connectivity index is 1.73. The van der Waals surface area contributed by atoms with Crippen molar-refractivity contribution in [2.24, 2.45) is 0 Å². The molecule has 1 aromatic carbocycles. The molecule has 0 radical (unpaired) electrons. The lowest BCUT2D eigenvalue weighted by molar-refractivity contribution is 0.0949. The summed E-state index contributed by atoms with van der Waals surface area (Å²) in [6.45, 7) is 1.01. The monoisotopic (exact) mass is 308 g/mol. The number of hydrogen-bond donors (Lipinski definition) is 2. The normalized spacial score (nSPS) is 10.2. The van der Waals surface area contributed by atoms with Crippen molar-refractivity contribution in [3.8, 4) is 0 Å². The van der Waals surface area contributed by atoms with Gasteiger partial charge in [-0.05, 0) is 30.7 Å². The van der Waals surface area contributed by atoms with Crippen molar-refractivity contribution in [3.05, 3.63) is 53.1 Å². The second kappa shape index (κ2) is 7.54. The highest BCUT2D eigenvalue weighted by molar-refractivity contribution is 6.30. The van der Waals surface area contributed by atoms with Crippen LogP contribution in [0.1, 0.15) is 16.8 Å². The van der Waals surface area contributed by atoms with Crippen LogP contribution in [0.4, 0.5) is 10.3 Å². The van der Waals surface area contributed by atoms with E-state index in [0.717, 1.165) is 0 Å². The van der Waals surface area contributed by atoms with Crippen molar-refractivity contribution in [1.29, 1.82) is 0 Å². The van der Waals surface area contributed by atoms with Gasteiger partial charge in [-0.1, -0.05) is 11.6 Å². The van der Waals surface area contributed by atoms with Crippen LogP contribution in [0.2, 0.25) is 5.02 Å². The van der Waals surface area contributed by atoms with E-state index in [0.29, 0.717) is 30.5 Å². The van der Waals surface area contributed by atoms with Crippen LogP contribution < -0.4 is 10.6 Å². The van der Waals surface area contributed by atoms with Gasteiger partial charge in [0.25, 0.3) is 5.91 Å². The number of halogens is 2. The molecule has 2 aromatic rings. The molecule has 0 atom stereocenters. The van der Waals surface area contributed by atoms with Crippen LogP contribution in [0, 0.1) is 5.82 Å². The van der Waals surface area contributed by atoms with Gasteiger partial charge in [0.1, 0.15) is 5.82 Å². The van der Waals surface area contributed by atoms with Gasteiger partial charge in [-0.2, -0.15) is 0 Å². The highest BCUT2D eigenvalue weighted by atomic mass is 35.5. The van der Waals surface area contributed by atoms with E-state index in [-0.39, 0.29) is 5.56 Å². The molecule has 0 saturated heterocycles. The molecule has 110 valence electrons. The molecule has 0 spiro atoms. The quantitative estimate of drug-likeness (QED) is 0.805. The summed E-state index contributed by atoms with van der Waals surface area (Å²) in [5.41, 5.74) is -0.0538. The summed E-state index contributed by atoms with van der Waals surface area (Å²) in [4.78, 5) is 19.8. The number of rotatable bonds is 6. The number of nitrogens with one attached hydrogen (secondary N) is 2. The molecule has 2 rings (SSSR count). The maximum Gasteiger partial charge on any atom is 0.254 e. The predicted molar refractivity (Wildman–Crippen MR) is 78.9 cm³/mol. The number of aromatic nitrogens is 2. The molecule has 2 N–H and O–H groups in total. The molecule has 0 aliphatic rings. The van der Waals surface area contributed by atoms with Gasteiger partial charge >= 0.3 is 0 Å². The maximum atomic E-state index is 13.5. The first-order valence-corrected chi connectivity index (χ1v) is 6.79. The van der Waals surface area contributed by atoms with E-state index in [2.05, 4.69) is 20.6 Å². The van der Waals surface area contributed by atoms with Crippen molar-refractivity contribution < 1.29 is 9.18 Å². The summed E-state index contributed by atoms with van der Waals surface area (Å²) in [7, 11) is 0. The second-order valence-corrected chi connectivity index (χ2v) is 4.67. The Hall–Kier alpha value is -2.21. The largest absolute Gasteiger partial charge is 0.354 e. The molecule has 5 nitrogen and oxygen atoms in total. The topological polar surface area (TPSA) is 66.9 Å². The van der Waals surface area contributed by atoms with Gasteiger partial charge in [0, 0.05) is 30.5 Å². The van der Waals surface area contributed by atoms with Crippen LogP contribution in [0.25, 0.3) is 0 Å². The molecule has 0 saturated carbocycles. The van der Waals surface area contributed by atoms with Crippen LogP contribution in [-0.4, -0.2) is 29.0 Å². The highest BCUT2D eigenvalue weighted by Crippen LogP contribution is 2.14. The van der Waals surface area contributed by atoms with Gasteiger partial charge in [-0.3, -0.25) is 4.79 Å². The smallest absolute Gasteiger partial charge is 0.254 e. The minimum absolute atomic E-state index is 0.0538. The third kappa shape index (κ3) is 4.68. The van der Waals surface area contributed by atoms with E-state index in [1.54, 1.807) is 18.5 Å². The fourth-order valence-corrected chi connectivity index (χ4v) is 1.82. The zero-order chi connectivity index (χ0) is 15.1. The zero-order valence-corrected chi connectivity index (χ0v) is 11.9. The summed E-state index contributed by atoms with van der Waals surface area (Å²) in [5, 5.41) is 5.97. The molecule has 0 aliphatic heterocycles. The highest BCUT2D eigenvalue weighted by Gasteiger charge is 2.11. The SMILES string of the molecule is O=C(NCCCNc1ncccn1)c1cc(Cl)ccc1F. The van der Waals surface area contributed by atoms with Crippen molar-refractivity contribution in [2.45, 2.75) is 6.42 Å². The van der Waals surface area contributed by atoms with Gasteiger partial charge in [-0.15, -0.1) is 0 Å². The molecule has 0 bridgehead atoms. The van der Waals surface area contributed by atoms with Crippen LogP contribution in [0.15, 0.2) is 36.7 Å². The third-order valence-corrected chi connectivity index (χ3v) is 2.90. The zero-order valence-electron chi connectivity index (χ0n) is 11.1. The molecule has 21 heavy (non-hydrogen) atoms. The van der Waals surface area contributed by atoms with E-state index in [1.807, 2.05) is 0 Å².